The molecule has 39 heavy (non-hydrogen) atoms. The number of Topliss-reactive ketones (excluding diaryl/α,β-unsaturated/α-hetero) is 2. The molecule has 0 bridgehead atoms. The third-order valence-electron chi connectivity index (χ3n) is 6.45. The number of carbonyl (C=O) groups is 3. The van der Waals surface area contributed by atoms with E-state index in [4.69, 9.17) is 13.8 Å². The molecule has 1 aliphatic heterocycles. The molecule has 2 aliphatic rings. The van der Waals surface area contributed by atoms with E-state index in [2.05, 4.69) is 25.8 Å². The number of hydrogen-bond acceptors (Lipinski definition) is 9. The van der Waals surface area contributed by atoms with Crippen molar-refractivity contribution in [1.82, 2.24) is 5.09 Å². The first-order chi connectivity index (χ1) is 18.5. The maximum absolute atomic E-state index is 13.5. The lowest BCUT2D eigenvalue weighted by Crippen LogP contribution is -2.36. The van der Waals surface area contributed by atoms with E-state index in [9.17, 15) is 28.4 Å². The second-order valence-electron chi connectivity index (χ2n) is 9.27. The molecule has 1 fully saturated rings. The molecule has 214 valence electrons. The zero-order chi connectivity index (χ0) is 28.6. The van der Waals surface area contributed by atoms with Crippen molar-refractivity contribution in [3.63, 3.8) is 0 Å². The van der Waals surface area contributed by atoms with E-state index in [0.717, 1.165) is 12.1 Å². The molecule has 0 amide bonds. The summed E-state index contributed by atoms with van der Waals surface area (Å²) in [4.78, 5) is 38.8. The van der Waals surface area contributed by atoms with Crippen molar-refractivity contribution in [2.24, 2.45) is 5.92 Å². The molecule has 1 heterocycles. The van der Waals surface area contributed by atoms with Crippen LogP contribution < -0.4 is 9.61 Å². The Kier molecular flexibility index (Phi) is 11.6. The average Bonchev–Trinajstić information content (AvgIpc) is 3.29. The summed E-state index contributed by atoms with van der Waals surface area (Å²) in [6.45, 7) is 0.997. The summed E-state index contributed by atoms with van der Waals surface area (Å²) in [5.41, 5.74) is 0.495. The predicted octanol–water partition coefficient (Wildman–Crippen LogP) is 4.16. The number of halogens is 2. The van der Waals surface area contributed by atoms with Gasteiger partial charge in [-0.25, -0.2) is 8.96 Å². The number of carbonyl (C=O) groups excluding carboxylic acids is 3. The highest BCUT2D eigenvalue weighted by molar-refractivity contribution is 9.11. The van der Waals surface area contributed by atoms with Gasteiger partial charge in [-0.05, 0) is 55.1 Å². The van der Waals surface area contributed by atoms with Crippen LogP contribution in [0.25, 0.3) is 0 Å². The maximum atomic E-state index is 13.5. The number of ether oxygens (including phenoxy) is 2. The monoisotopic (exact) mass is 631 g/mol. The highest BCUT2D eigenvalue weighted by Gasteiger charge is 2.42. The first kappa shape index (κ1) is 31.3. The fourth-order valence-corrected chi connectivity index (χ4v) is 6.16. The molecule has 1 aliphatic carbocycles. The quantitative estimate of drug-likeness (QED) is 0.286. The summed E-state index contributed by atoms with van der Waals surface area (Å²) in [5, 5.41) is 13.2. The standard InChI is InChI=1S/C26H32BrFNO9P/c1-16(26(33)35-2)29-39(34,38-19-9-7-18(28)8-10-19)36-15-25-23(32)14-24(37-25)20-11-6-17(12-13-27)21(30)4-3-5-22(20)31/h6-10,12-13,16,20,23-25,32H,3-5,11,14-15H2,1-2H3,(H,29,34)/b13-12+,17-6-/t16-,20?,23?,24+,25+,39?/m0/s1. The molecular formula is C26H32BrFNO9P. The third kappa shape index (κ3) is 8.89. The average molecular weight is 632 g/mol. The Morgan fingerprint density at radius 1 is 1.31 bits per heavy atom. The van der Waals surface area contributed by atoms with Gasteiger partial charge >= 0.3 is 13.7 Å². The number of esters is 1. The lowest BCUT2D eigenvalue weighted by atomic mass is 9.89. The number of ketones is 2. The zero-order valence-electron chi connectivity index (χ0n) is 21.6. The number of allylic oxidation sites excluding steroid dienone is 3. The summed E-state index contributed by atoms with van der Waals surface area (Å²) in [6.07, 6.45) is 1.96. The van der Waals surface area contributed by atoms with E-state index in [0.29, 0.717) is 12.0 Å². The van der Waals surface area contributed by atoms with Crippen molar-refractivity contribution in [2.45, 2.75) is 63.4 Å². The van der Waals surface area contributed by atoms with Crippen molar-refractivity contribution < 1.29 is 47.0 Å². The van der Waals surface area contributed by atoms with Gasteiger partial charge in [0.15, 0.2) is 5.78 Å². The molecule has 3 unspecified atom stereocenters. The number of aliphatic hydroxyl groups excluding tert-OH is 1. The topological polar surface area (TPSA) is 137 Å². The molecule has 3 rings (SSSR count). The minimum Gasteiger partial charge on any atom is -0.468 e. The van der Waals surface area contributed by atoms with Gasteiger partial charge in [-0.1, -0.05) is 22.0 Å². The van der Waals surface area contributed by atoms with Gasteiger partial charge in [-0.2, -0.15) is 5.09 Å². The largest absolute Gasteiger partial charge is 0.468 e. The fraction of sp³-hybridized carbons (Fsp3) is 0.500. The van der Waals surface area contributed by atoms with Crippen LogP contribution in [0.1, 0.15) is 39.0 Å². The summed E-state index contributed by atoms with van der Waals surface area (Å²) >= 11 is 3.18. The van der Waals surface area contributed by atoms with Gasteiger partial charge in [-0.3, -0.25) is 18.9 Å². The van der Waals surface area contributed by atoms with Crippen molar-refractivity contribution in [3.05, 3.63) is 52.8 Å². The van der Waals surface area contributed by atoms with Crippen LogP contribution in [0, 0.1) is 11.7 Å². The number of rotatable bonds is 10. The highest BCUT2D eigenvalue weighted by atomic mass is 79.9. The van der Waals surface area contributed by atoms with Gasteiger partial charge in [0.1, 0.15) is 29.5 Å². The molecule has 1 aromatic carbocycles. The van der Waals surface area contributed by atoms with Gasteiger partial charge in [-0.15, -0.1) is 0 Å². The van der Waals surface area contributed by atoms with Gasteiger partial charge < -0.3 is 19.1 Å². The van der Waals surface area contributed by atoms with Crippen LogP contribution in [0.5, 0.6) is 5.75 Å². The van der Waals surface area contributed by atoms with Crippen molar-refractivity contribution in [3.8, 4) is 5.75 Å². The van der Waals surface area contributed by atoms with Crippen LogP contribution in [0.4, 0.5) is 4.39 Å². The van der Waals surface area contributed by atoms with Crippen LogP contribution in [0.3, 0.4) is 0 Å². The molecule has 1 saturated heterocycles. The number of hydrogen-bond donors (Lipinski definition) is 2. The van der Waals surface area contributed by atoms with E-state index in [1.54, 1.807) is 17.1 Å². The molecule has 10 nitrogen and oxygen atoms in total. The zero-order valence-corrected chi connectivity index (χ0v) is 24.1. The highest BCUT2D eigenvalue weighted by Crippen LogP contribution is 2.46. The smallest absolute Gasteiger partial charge is 0.459 e. The maximum Gasteiger partial charge on any atom is 0.459 e. The molecular weight excluding hydrogens is 600 g/mol. The van der Waals surface area contributed by atoms with E-state index >= 15 is 0 Å². The van der Waals surface area contributed by atoms with Gasteiger partial charge in [0, 0.05) is 30.8 Å². The molecule has 0 radical (unpaired) electrons. The normalized spacial score (nSPS) is 28.1. The third-order valence-corrected chi connectivity index (χ3v) is 8.36. The SMILES string of the molecule is COC(=O)[C@H](C)NP(=O)(OC[C@H]1O[C@@H](C2C/C=C(/C=C/Br)C(=O)CCCC2=O)CC1O)Oc1ccc(F)cc1. The Labute approximate surface area is 234 Å². The molecule has 0 spiro atoms. The molecule has 2 N–H and O–H groups in total. The Balaban J connectivity index is 1.72. The molecule has 0 saturated carbocycles. The number of benzene rings is 1. The molecule has 1 aromatic rings. The summed E-state index contributed by atoms with van der Waals surface area (Å²) in [7, 11) is -3.09. The van der Waals surface area contributed by atoms with Crippen LogP contribution in [-0.4, -0.2) is 60.7 Å². The molecule has 13 heteroatoms. The van der Waals surface area contributed by atoms with E-state index in [1.807, 2.05) is 0 Å². The Bertz CT molecular complexity index is 1140. The summed E-state index contributed by atoms with van der Waals surface area (Å²) in [6, 6.07) is 3.61. The van der Waals surface area contributed by atoms with Gasteiger partial charge in [0.2, 0.25) is 0 Å². The fourth-order valence-electron chi connectivity index (χ4n) is 4.37. The molecule has 0 aromatic heterocycles. The second-order valence-corrected chi connectivity index (χ2v) is 11.5. The van der Waals surface area contributed by atoms with Crippen LogP contribution in [0.15, 0.2) is 47.0 Å². The van der Waals surface area contributed by atoms with Crippen molar-refractivity contribution in [2.75, 3.05) is 13.7 Å². The van der Waals surface area contributed by atoms with Gasteiger partial charge in [0.25, 0.3) is 0 Å². The van der Waals surface area contributed by atoms with Gasteiger partial charge in [0.05, 0.1) is 25.9 Å². The second kappa shape index (κ2) is 14.4. The van der Waals surface area contributed by atoms with E-state index < -0.39 is 56.4 Å². The summed E-state index contributed by atoms with van der Waals surface area (Å²) in [5.74, 6) is -1.95. The Morgan fingerprint density at radius 3 is 2.69 bits per heavy atom. The van der Waals surface area contributed by atoms with E-state index in [1.165, 1.54) is 26.2 Å². The van der Waals surface area contributed by atoms with Crippen molar-refractivity contribution in [1.29, 1.82) is 0 Å². The van der Waals surface area contributed by atoms with E-state index in [-0.39, 0.29) is 43.0 Å². The Morgan fingerprint density at radius 2 is 2.03 bits per heavy atom. The lowest BCUT2D eigenvalue weighted by molar-refractivity contribution is -0.142. The first-order valence-corrected chi connectivity index (χ1v) is 14.9. The number of methoxy groups -OCH3 is 1. The van der Waals surface area contributed by atoms with Crippen molar-refractivity contribution >= 4 is 41.2 Å². The first-order valence-electron chi connectivity index (χ1n) is 12.5. The van der Waals surface area contributed by atoms with Crippen LogP contribution in [-0.2, 0) is 32.9 Å². The lowest BCUT2D eigenvalue weighted by Gasteiger charge is -2.25. The van der Waals surface area contributed by atoms with Crippen LogP contribution in [0.2, 0.25) is 0 Å². The Hall–Kier alpha value is -2.21. The number of nitrogens with one attached hydrogen (secondary N) is 1. The minimum absolute atomic E-state index is 0.0147. The summed E-state index contributed by atoms with van der Waals surface area (Å²) < 4.78 is 48.5. The minimum atomic E-state index is -4.25. The molecule has 6 atom stereocenters. The number of aliphatic hydroxyl groups is 1. The predicted molar refractivity (Wildman–Crippen MR) is 143 cm³/mol. The van der Waals surface area contributed by atoms with Crippen LogP contribution >= 0.6 is 23.7 Å².